The van der Waals surface area contributed by atoms with E-state index < -0.39 is 29.8 Å². The van der Waals surface area contributed by atoms with E-state index in [-0.39, 0.29) is 36.5 Å². The highest BCUT2D eigenvalue weighted by Gasteiger charge is 2.32. The van der Waals surface area contributed by atoms with Crippen LogP contribution in [0, 0.1) is 5.82 Å². The van der Waals surface area contributed by atoms with Crippen LogP contribution in [0.5, 0.6) is 0 Å². The van der Waals surface area contributed by atoms with E-state index in [0.29, 0.717) is 6.42 Å². The monoisotopic (exact) mass is 364 g/mol. The summed E-state index contributed by atoms with van der Waals surface area (Å²) >= 11 is 0. The molecule has 1 aliphatic rings. The number of hydrogen-bond donors (Lipinski definition) is 2. The Labute approximate surface area is 150 Å². The van der Waals surface area contributed by atoms with Crippen molar-refractivity contribution in [2.75, 3.05) is 13.2 Å². The lowest BCUT2D eigenvalue weighted by Gasteiger charge is -2.28. The molecule has 1 aromatic carbocycles. The largest absolute Gasteiger partial charge is 0.463 e. The lowest BCUT2D eigenvalue weighted by molar-refractivity contribution is -0.143. The first-order chi connectivity index (χ1) is 12.5. The molecule has 0 spiro atoms. The van der Waals surface area contributed by atoms with Gasteiger partial charge in [-0.3, -0.25) is 4.79 Å². The van der Waals surface area contributed by atoms with Crippen molar-refractivity contribution in [2.24, 2.45) is 0 Å². The molecule has 0 fully saturated rings. The van der Waals surface area contributed by atoms with Crippen LogP contribution >= 0.6 is 0 Å². The van der Waals surface area contributed by atoms with Gasteiger partial charge in [0, 0.05) is 0 Å². The van der Waals surface area contributed by atoms with E-state index in [1.807, 2.05) is 0 Å². The molecule has 0 aromatic heterocycles. The van der Waals surface area contributed by atoms with Crippen LogP contribution in [0.1, 0.15) is 25.8 Å². The van der Waals surface area contributed by atoms with Crippen molar-refractivity contribution in [3.8, 4) is 0 Å². The van der Waals surface area contributed by atoms with Crippen molar-refractivity contribution >= 4 is 18.0 Å². The van der Waals surface area contributed by atoms with Crippen LogP contribution in [-0.4, -0.2) is 37.2 Å². The summed E-state index contributed by atoms with van der Waals surface area (Å²) in [4.78, 5) is 35.9. The smallest absolute Gasteiger partial charge is 0.338 e. The van der Waals surface area contributed by atoms with E-state index in [9.17, 15) is 18.8 Å². The van der Waals surface area contributed by atoms with Gasteiger partial charge < -0.3 is 20.1 Å². The Kier molecular flexibility index (Phi) is 6.71. The SMILES string of the molecule is CCOC(=O)C1=C(COC(=O)Cc2ccccc2F)NC(=O)N[C@H]1CC. The Hall–Kier alpha value is -2.90. The van der Waals surface area contributed by atoms with E-state index in [0.717, 1.165) is 0 Å². The Balaban J connectivity index is 2.12. The lowest BCUT2D eigenvalue weighted by atomic mass is 10.0. The van der Waals surface area contributed by atoms with Gasteiger partial charge in [-0.1, -0.05) is 25.1 Å². The Morgan fingerprint density at radius 1 is 1.19 bits per heavy atom. The van der Waals surface area contributed by atoms with Crippen LogP contribution in [0.3, 0.4) is 0 Å². The van der Waals surface area contributed by atoms with E-state index >= 15 is 0 Å². The van der Waals surface area contributed by atoms with Gasteiger partial charge in [0.2, 0.25) is 0 Å². The molecule has 7 nitrogen and oxygen atoms in total. The normalized spacial score (nSPS) is 16.6. The minimum absolute atomic E-state index is 0.168. The standard InChI is InChI=1S/C18H21FN2O5/c1-3-13-16(17(23)25-4-2)14(21-18(24)20-13)10-26-15(22)9-11-7-5-6-8-12(11)19/h5-8,13H,3-4,9-10H2,1-2H3,(H2,20,21,24)/t13-/m0/s1. The molecule has 0 saturated carbocycles. The number of urea groups is 1. The van der Waals surface area contributed by atoms with Gasteiger partial charge >= 0.3 is 18.0 Å². The zero-order chi connectivity index (χ0) is 19.1. The van der Waals surface area contributed by atoms with E-state index in [1.165, 1.54) is 18.2 Å². The molecule has 1 heterocycles. The lowest BCUT2D eigenvalue weighted by Crippen LogP contribution is -2.51. The summed E-state index contributed by atoms with van der Waals surface area (Å²) in [6.07, 6.45) is 0.215. The summed E-state index contributed by atoms with van der Waals surface area (Å²) < 4.78 is 23.7. The summed E-state index contributed by atoms with van der Waals surface area (Å²) in [5.41, 5.74) is 0.589. The van der Waals surface area contributed by atoms with Crippen LogP contribution in [0.15, 0.2) is 35.5 Å². The van der Waals surface area contributed by atoms with Gasteiger partial charge in [-0.25, -0.2) is 14.0 Å². The van der Waals surface area contributed by atoms with Crippen molar-refractivity contribution in [2.45, 2.75) is 32.7 Å². The van der Waals surface area contributed by atoms with E-state index in [1.54, 1.807) is 19.9 Å². The summed E-state index contributed by atoms with van der Waals surface area (Å²) in [7, 11) is 0. The van der Waals surface area contributed by atoms with Gasteiger partial charge in [0.15, 0.2) is 0 Å². The molecule has 140 valence electrons. The molecule has 26 heavy (non-hydrogen) atoms. The molecule has 0 radical (unpaired) electrons. The molecule has 1 atom stereocenters. The maximum Gasteiger partial charge on any atom is 0.338 e. The van der Waals surface area contributed by atoms with E-state index in [4.69, 9.17) is 9.47 Å². The highest BCUT2D eigenvalue weighted by Crippen LogP contribution is 2.17. The number of nitrogens with one attached hydrogen (secondary N) is 2. The third-order valence-corrected chi connectivity index (χ3v) is 3.82. The maximum atomic E-state index is 13.6. The molecule has 2 rings (SSSR count). The van der Waals surface area contributed by atoms with Gasteiger partial charge in [0.25, 0.3) is 0 Å². The average molecular weight is 364 g/mol. The molecule has 2 N–H and O–H groups in total. The number of carbonyl (C=O) groups excluding carboxylic acids is 3. The predicted molar refractivity (Wildman–Crippen MR) is 90.5 cm³/mol. The topological polar surface area (TPSA) is 93.7 Å². The number of ether oxygens (including phenoxy) is 2. The average Bonchev–Trinajstić information content (AvgIpc) is 2.61. The number of halogens is 1. The van der Waals surface area contributed by atoms with Gasteiger partial charge in [-0.2, -0.15) is 0 Å². The first-order valence-corrected chi connectivity index (χ1v) is 8.32. The molecule has 1 aliphatic heterocycles. The second-order valence-electron chi connectivity index (χ2n) is 5.60. The van der Waals surface area contributed by atoms with Crippen LogP contribution in [0.25, 0.3) is 0 Å². The molecular weight excluding hydrogens is 343 g/mol. The number of rotatable bonds is 7. The summed E-state index contributed by atoms with van der Waals surface area (Å²) in [6.45, 7) is 3.33. The molecular formula is C18H21FN2O5. The van der Waals surface area contributed by atoms with Crippen molar-refractivity contribution in [3.63, 3.8) is 0 Å². The second-order valence-corrected chi connectivity index (χ2v) is 5.60. The highest BCUT2D eigenvalue weighted by molar-refractivity contribution is 5.94. The molecule has 1 aromatic rings. The molecule has 0 unspecified atom stereocenters. The number of benzene rings is 1. The fourth-order valence-corrected chi connectivity index (χ4v) is 2.58. The minimum atomic E-state index is -0.674. The quantitative estimate of drug-likeness (QED) is 0.720. The molecule has 0 bridgehead atoms. The number of hydrogen-bond acceptors (Lipinski definition) is 5. The van der Waals surface area contributed by atoms with Gasteiger partial charge in [-0.05, 0) is 25.0 Å². The highest BCUT2D eigenvalue weighted by atomic mass is 19.1. The Bertz CT molecular complexity index is 732. The van der Waals surface area contributed by atoms with Gasteiger partial charge in [0.05, 0.1) is 30.3 Å². The molecule has 8 heteroatoms. The fraction of sp³-hybridized carbons (Fsp3) is 0.389. The van der Waals surface area contributed by atoms with Crippen molar-refractivity contribution in [3.05, 3.63) is 46.9 Å². The molecule has 2 amide bonds. The van der Waals surface area contributed by atoms with Crippen LogP contribution in [0.2, 0.25) is 0 Å². The Morgan fingerprint density at radius 3 is 2.58 bits per heavy atom. The Morgan fingerprint density at radius 2 is 1.92 bits per heavy atom. The zero-order valence-electron chi connectivity index (χ0n) is 14.6. The third-order valence-electron chi connectivity index (χ3n) is 3.82. The maximum absolute atomic E-state index is 13.6. The third kappa shape index (κ3) is 4.81. The van der Waals surface area contributed by atoms with Crippen LogP contribution < -0.4 is 10.6 Å². The molecule has 0 aliphatic carbocycles. The first-order valence-electron chi connectivity index (χ1n) is 8.32. The number of carbonyl (C=O) groups is 3. The second kappa shape index (κ2) is 8.98. The van der Waals surface area contributed by atoms with Gasteiger partial charge in [-0.15, -0.1) is 0 Å². The van der Waals surface area contributed by atoms with Crippen LogP contribution in [0.4, 0.5) is 9.18 Å². The fourth-order valence-electron chi connectivity index (χ4n) is 2.58. The first kappa shape index (κ1) is 19.4. The zero-order valence-corrected chi connectivity index (χ0v) is 14.6. The number of amides is 2. The summed E-state index contributed by atoms with van der Waals surface area (Å²) in [5.74, 6) is -1.77. The predicted octanol–water partition coefficient (Wildman–Crippen LogP) is 1.82. The summed E-state index contributed by atoms with van der Waals surface area (Å²) in [6, 6.07) is 4.85. The van der Waals surface area contributed by atoms with Crippen molar-refractivity contribution in [1.29, 1.82) is 0 Å². The van der Waals surface area contributed by atoms with E-state index in [2.05, 4.69) is 10.6 Å². The van der Waals surface area contributed by atoms with Gasteiger partial charge in [0.1, 0.15) is 12.4 Å². The van der Waals surface area contributed by atoms with Crippen molar-refractivity contribution in [1.82, 2.24) is 10.6 Å². The summed E-state index contributed by atoms with van der Waals surface area (Å²) in [5, 5.41) is 5.10. The van der Waals surface area contributed by atoms with Crippen molar-refractivity contribution < 1.29 is 28.2 Å². The number of esters is 2. The van der Waals surface area contributed by atoms with Crippen LogP contribution in [-0.2, 0) is 25.5 Å². The molecule has 0 saturated heterocycles. The minimum Gasteiger partial charge on any atom is -0.463 e.